The number of rotatable bonds is 4. The summed E-state index contributed by atoms with van der Waals surface area (Å²) in [5.41, 5.74) is 7.35. The molecule has 0 radical (unpaired) electrons. The summed E-state index contributed by atoms with van der Waals surface area (Å²) in [6.45, 7) is 5.63. The van der Waals surface area contributed by atoms with Crippen molar-refractivity contribution in [3.8, 4) is 5.75 Å². The first-order valence-electron chi connectivity index (χ1n) is 7.34. The zero-order valence-corrected chi connectivity index (χ0v) is 12.9. The minimum atomic E-state index is -2.78. The molecule has 1 fully saturated rings. The number of likely N-dealkylation sites (tertiary alicyclic amines) is 1. The topological polar surface area (TPSA) is 38.5 Å². The molecule has 1 aromatic rings. The first-order valence-corrected chi connectivity index (χ1v) is 7.34. The van der Waals surface area contributed by atoms with Crippen molar-refractivity contribution in [2.45, 2.75) is 45.9 Å². The van der Waals surface area contributed by atoms with Crippen molar-refractivity contribution in [1.82, 2.24) is 4.90 Å². The van der Waals surface area contributed by atoms with Crippen LogP contribution < -0.4 is 10.5 Å². The third kappa shape index (κ3) is 3.92. The van der Waals surface area contributed by atoms with Gasteiger partial charge in [0.2, 0.25) is 0 Å². The fraction of sp³-hybridized carbons (Fsp3) is 0.625. The largest absolute Gasteiger partial charge is 0.435 e. The van der Waals surface area contributed by atoms with Crippen LogP contribution in [0.1, 0.15) is 38.8 Å². The van der Waals surface area contributed by atoms with Gasteiger partial charge in [0.05, 0.1) is 0 Å². The average Bonchev–Trinajstić information content (AvgIpc) is 2.41. The van der Waals surface area contributed by atoms with Gasteiger partial charge in [-0.05, 0) is 36.5 Å². The van der Waals surface area contributed by atoms with Gasteiger partial charge in [-0.15, -0.1) is 0 Å². The normalized spacial score (nSPS) is 24.0. The third-order valence-electron chi connectivity index (χ3n) is 4.48. The fourth-order valence-corrected chi connectivity index (χ4v) is 2.88. The highest BCUT2D eigenvalue weighted by molar-refractivity contribution is 5.29. The Morgan fingerprint density at radius 3 is 2.43 bits per heavy atom. The molecule has 21 heavy (non-hydrogen) atoms. The van der Waals surface area contributed by atoms with E-state index in [-0.39, 0.29) is 23.2 Å². The molecule has 1 saturated heterocycles. The molecule has 0 aromatic heterocycles. The highest BCUT2D eigenvalue weighted by Crippen LogP contribution is 2.33. The van der Waals surface area contributed by atoms with Crippen LogP contribution >= 0.6 is 0 Å². The predicted octanol–water partition coefficient (Wildman–Crippen LogP) is 3.41. The van der Waals surface area contributed by atoms with Gasteiger partial charge < -0.3 is 10.5 Å². The van der Waals surface area contributed by atoms with Crippen molar-refractivity contribution in [3.63, 3.8) is 0 Å². The summed E-state index contributed by atoms with van der Waals surface area (Å²) in [4.78, 5) is 2.40. The molecule has 0 spiro atoms. The van der Waals surface area contributed by atoms with Crippen molar-refractivity contribution in [3.05, 3.63) is 29.8 Å². The van der Waals surface area contributed by atoms with E-state index in [0.717, 1.165) is 25.1 Å². The van der Waals surface area contributed by atoms with Gasteiger partial charge in [-0.1, -0.05) is 26.0 Å². The van der Waals surface area contributed by atoms with E-state index in [1.165, 1.54) is 0 Å². The number of nitrogens with two attached hydrogens (primary N) is 1. The number of halogens is 2. The lowest BCUT2D eigenvalue weighted by atomic mass is 9.79. The SMILES string of the molecule is CC(c1ccc(OC(F)F)cc1)N1CCC(N)C(C)(C)C1. The molecule has 2 N–H and O–H groups in total. The summed E-state index contributed by atoms with van der Waals surface area (Å²) in [6.07, 6.45) is 0.976. The van der Waals surface area contributed by atoms with E-state index in [4.69, 9.17) is 5.73 Å². The number of nitrogens with zero attached hydrogens (tertiary/aromatic N) is 1. The van der Waals surface area contributed by atoms with Gasteiger partial charge in [-0.25, -0.2) is 0 Å². The zero-order chi connectivity index (χ0) is 15.6. The second kappa shape index (κ2) is 6.28. The molecular formula is C16H24F2N2O. The van der Waals surface area contributed by atoms with Crippen LogP contribution in [-0.2, 0) is 0 Å². The highest BCUT2D eigenvalue weighted by Gasteiger charge is 2.35. The Balaban J connectivity index is 2.04. The van der Waals surface area contributed by atoms with Gasteiger partial charge in [-0.3, -0.25) is 4.90 Å². The maximum atomic E-state index is 12.2. The van der Waals surface area contributed by atoms with Crippen molar-refractivity contribution in [1.29, 1.82) is 0 Å². The molecule has 0 bridgehead atoms. The second-order valence-corrected chi connectivity index (χ2v) is 6.48. The fourth-order valence-electron chi connectivity index (χ4n) is 2.88. The molecule has 2 atom stereocenters. The molecule has 2 unspecified atom stereocenters. The van der Waals surface area contributed by atoms with E-state index >= 15 is 0 Å². The molecule has 0 amide bonds. The summed E-state index contributed by atoms with van der Waals surface area (Å²) in [5, 5.41) is 0. The van der Waals surface area contributed by atoms with Gasteiger partial charge in [0, 0.05) is 25.2 Å². The van der Waals surface area contributed by atoms with Crippen LogP contribution in [0.25, 0.3) is 0 Å². The highest BCUT2D eigenvalue weighted by atomic mass is 19.3. The van der Waals surface area contributed by atoms with Crippen LogP contribution in [0.4, 0.5) is 8.78 Å². The summed E-state index contributed by atoms with van der Waals surface area (Å²) in [5.74, 6) is 0.196. The molecule has 3 nitrogen and oxygen atoms in total. The summed E-state index contributed by atoms with van der Waals surface area (Å²) in [7, 11) is 0. The lowest BCUT2D eigenvalue weighted by Gasteiger charge is -2.45. The predicted molar refractivity (Wildman–Crippen MR) is 79.4 cm³/mol. The van der Waals surface area contributed by atoms with E-state index in [1.54, 1.807) is 12.1 Å². The van der Waals surface area contributed by atoms with Gasteiger partial charge >= 0.3 is 6.61 Å². The monoisotopic (exact) mass is 298 g/mol. The Bertz CT molecular complexity index is 462. The molecule has 1 aliphatic rings. The molecular weight excluding hydrogens is 274 g/mol. The van der Waals surface area contributed by atoms with Crippen molar-refractivity contribution < 1.29 is 13.5 Å². The van der Waals surface area contributed by atoms with Crippen molar-refractivity contribution in [2.24, 2.45) is 11.1 Å². The molecule has 0 aliphatic carbocycles. The van der Waals surface area contributed by atoms with Crippen LogP contribution in [0.3, 0.4) is 0 Å². The number of piperidine rings is 1. The minimum Gasteiger partial charge on any atom is -0.435 e. The van der Waals surface area contributed by atoms with Crippen molar-refractivity contribution >= 4 is 0 Å². The third-order valence-corrected chi connectivity index (χ3v) is 4.48. The molecule has 1 heterocycles. The molecule has 5 heteroatoms. The summed E-state index contributed by atoms with van der Waals surface area (Å²) < 4.78 is 28.7. The van der Waals surface area contributed by atoms with Gasteiger partial charge in [0.25, 0.3) is 0 Å². The lowest BCUT2D eigenvalue weighted by Crippen LogP contribution is -2.52. The number of alkyl halides is 2. The standard InChI is InChI=1S/C16H24F2N2O/c1-11(20-9-8-14(19)16(2,3)10-20)12-4-6-13(7-5-12)21-15(17)18/h4-7,11,14-15H,8-10,19H2,1-3H3. The Morgan fingerprint density at radius 2 is 1.90 bits per heavy atom. The molecule has 2 rings (SSSR count). The molecule has 118 valence electrons. The summed E-state index contributed by atoms with van der Waals surface area (Å²) >= 11 is 0. The van der Waals surface area contributed by atoms with Crippen LogP contribution in [0, 0.1) is 5.41 Å². The molecule has 1 aromatic carbocycles. The first kappa shape index (κ1) is 16.2. The van der Waals surface area contributed by atoms with E-state index in [0.29, 0.717) is 0 Å². The van der Waals surface area contributed by atoms with E-state index in [1.807, 2.05) is 12.1 Å². The van der Waals surface area contributed by atoms with Gasteiger partial charge in [0.1, 0.15) is 5.75 Å². The number of hydrogen-bond donors (Lipinski definition) is 1. The maximum Gasteiger partial charge on any atom is 0.387 e. The van der Waals surface area contributed by atoms with Gasteiger partial charge in [0.15, 0.2) is 0 Å². The quantitative estimate of drug-likeness (QED) is 0.926. The Hall–Kier alpha value is -1.20. The Morgan fingerprint density at radius 1 is 1.29 bits per heavy atom. The van der Waals surface area contributed by atoms with Crippen LogP contribution in [0.15, 0.2) is 24.3 Å². The Kier molecular flexibility index (Phi) is 4.84. The lowest BCUT2D eigenvalue weighted by molar-refractivity contribution is -0.0498. The number of hydrogen-bond acceptors (Lipinski definition) is 3. The molecule has 1 aliphatic heterocycles. The van der Waals surface area contributed by atoms with Gasteiger partial charge in [-0.2, -0.15) is 8.78 Å². The van der Waals surface area contributed by atoms with Crippen molar-refractivity contribution in [2.75, 3.05) is 13.1 Å². The Labute approximate surface area is 125 Å². The van der Waals surface area contributed by atoms with Crippen LogP contribution in [0.5, 0.6) is 5.75 Å². The van der Waals surface area contributed by atoms with Crippen LogP contribution in [0.2, 0.25) is 0 Å². The maximum absolute atomic E-state index is 12.2. The minimum absolute atomic E-state index is 0.0885. The smallest absolute Gasteiger partial charge is 0.387 e. The van der Waals surface area contributed by atoms with E-state index in [9.17, 15) is 8.78 Å². The van der Waals surface area contributed by atoms with E-state index in [2.05, 4.69) is 30.4 Å². The zero-order valence-electron chi connectivity index (χ0n) is 12.9. The molecule has 0 saturated carbocycles. The van der Waals surface area contributed by atoms with Crippen LogP contribution in [-0.4, -0.2) is 30.6 Å². The summed E-state index contributed by atoms with van der Waals surface area (Å²) in [6, 6.07) is 7.35. The second-order valence-electron chi connectivity index (χ2n) is 6.48. The first-order chi connectivity index (χ1) is 9.79. The number of benzene rings is 1. The number of ether oxygens (including phenoxy) is 1. The van der Waals surface area contributed by atoms with E-state index < -0.39 is 6.61 Å². The average molecular weight is 298 g/mol.